The maximum atomic E-state index is 5.62. The van der Waals surface area contributed by atoms with Crippen molar-refractivity contribution in [2.24, 2.45) is 0 Å². The first-order valence-corrected chi connectivity index (χ1v) is 24.7. The molecule has 1 aliphatic heterocycles. The van der Waals surface area contributed by atoms with Gasteiger partial charge >= 0.3 is 336 Å². The van der Waals surface area contributed by atoms with Crippen LogP contribution >= 0.6 is 0 Å². The van der Waals surface area contributed by atoms with Gasteiger partial charge in [0, 0.05) is 0 Å². The van der Waals surface area contributed by atoms with Crippen LogP contribution in [0.5, 0.6) is 0 Å². The second-order valence-electron chi connectivity index (χ2n) is 16.5. The standard InChI is InChI=1S/C55H39GeN3/c1-55(2)46-27-15-12-24-41(46)43-34-35-44-42-25-14-17-29-48(42)59(53(44)49(43)55)40-32-30-36(31-33-40)51-50-52(58-54(57-51)37-18-6-3-7-19-37)45-26-13-16-28-47(45)56(50,38-20-8-4-9-21-38)39-22-10-5-11-23-39/h3-35H,1-2H3. The van der Waals surface area contributed by atoms with Gasteiger partial charge in [0.25, 0.3) is 0 Å². The summed E-state index contributed by atoms with van der Waals surface area (Å²) < 4.78 is 7.96. The Hall–Kier alpha value is -6.82. The molecule has 0 fully saturated rings. The number of benzene rings is 8. The second-order valence-corrected chi connectivity index (χ2v) is 24.2. The van der Waals surface area contributed by atoms with Crippen molar-refractivity contribution in [3.8, 4) is 50.7 Å². The molecule has 3 heterocycles. The van der Waals surface area contributed by atoms with Gasteiger partial charge in [-0.25, -0.2) is 0 Å². The summed E-state index contributed by atoms with van der Waals surface area (Å²) in [6.07, 6.45) is 0. The molecule has 8 aromatic carbocycles. The first-order chi connectivity index (χ1) is 29.0. The molecule has 0 atom stereocenters. The quantitative estimate of drug-likeness (QED) is 0.162. The van der Waals surface area contributed by atoms with Crippen molar-refractivity contribution in [3.05, 3.63) is 211 Å². The normalized spacial score (nSPS) is 14.2. The number of rotatable bonds is 5. The van der Waals surface area contributed by atoms with Gasteiger partial charge in [-0.05, 0) is 0 Å². The van der Waals surface area contributed by atoms with Gasteiger partial charge in [0.1, 0.15) is 0 Å². The van der Waals surface area contributed by atoms with Crippen molar-refractivity contribution in [1.29, 1.82) is 0 Å². The van der Waals surface area contributed by atoms with Crippen molar-refractivity contribution in [2.75, 3.05) is 0 Å². The number of aromatic nitrogens is 3. The maximum absolute atomic E-state index is 5.62. The molecule has 0 amide bonds. The second kappa shape index (κ2) is 12.8. The van der Waals surface area contributed by atoms with E-state index < -0.39 is 13.3 Å². The molecule has 59 heavy (non-hydrogen) atoms. The summed E-state index contributed by atoms with van der Waals surface area (Å²) in [6.45, 7) is 4.77. The Morgan fingerprint density at radius 3 is 1.78 bits per heavy atom. The zero-order valence-corrected chi connectivity index (χ0v) is 35.0. The fourth-order valence-electron chi connectivity index (χ4n) is 10.6. The average molecular weight is 815 g/mol. The predicted molar refractivity (Wildman–Crippen MR) is 247 cm³/mol. The zero-order valence-electron chi connectivity index (χ0n) is 32.9. The van der Waals surface area contributed by atoms with E-state index in [4.69, 9.17) is 9.97 Å². The molecule has 278 valence electrons. The van der Waals surface area contributed by atoms with Crippen LogP contribution in [0, 0.1) is 0 Å². The van der Waals surface area contributed by atoms with E-state index in [0.717, 1.165) is 34.0 Å². The van der Waals surface area contributed by atoms with Crippen LogP contribution in [-0.2, 0) is 5.41 Å². The fraction of sp³-hybridized carbons (Fsp3) is 0.0545. The Bertz CT molecular complexity index is 3240. The zero-order chi connectivity index (χ0) is 39.3. The van der Waals surface area contributed by atoms with E-state index in [0.29, 0.717) is 0 Å². The SMILES string of the molecule is CC1(C)c2ccccc2-c2ccc3c4ccccc4n(-c4ccc(-c5nc(-c6ccccc6)nc6[c]5[Ge]([c]5ccccc5)([c]5ccccc5)[c]5ccccc5-6)cc4)c3c21. The molecule has 0 bridgehead atoms. The van der Waals surface area contributed by atoms with Crippen molar-refractivity contribution in [1.82, 2.24) is 14.5 Å². The number of hydrogen-bond acceptors (Lipinski definition) is 2. The van der Waals surface area contributed by atoms with Crippen LogP contribution in [0.2, 0.25) is 0 Å². The molecule has 0 spiro atoms. The molecule has 0 N–H and O–H groups in total. The molecular formula is C55H39GeN3. The molecule has 0 saturated carbocycles. The summed E-state index contributed by atoms with van der Waals surface area (Å²) >= 11 is -3.70. The number of para-hydroxylation sites is 1. The number of fused-ring (bicyclic) bond motifs is 10. The number of hydrogen-bond donors (Lipinski definition) is 0. The van der Waals surface area contributed by atoms with Crippen molar-refractivity contribution < 1.29 is 0 Å². The molecule has 12 rings (SSSR count). The van der Waals surface area contributed by atoms with E-state index in [9.17, 15) is 0 Å². The third-order valence-corrected chi connectivity index (χ3v) is 23.3. The fourth-order valence-corrected chi connectivity index (χ4v) is 21.6. The average Bonchev–Trinajstić information content (AvgIpc) is 3.88. The van der Waals surface area contributed by atoms with Gasteiger partial charge < -0.3 is 0 Å². The molecule has 0 unspecified atom stereocenters. The molecule has 4 heteroatoms. The van der Waals surface area contributed by atoms with Crippen LogP contribution < -0.4 is 17.6 Å². The Labute approximate surface area is 346 Å². The topological polar surface area (TPSA) is 30.7 Å². The molecule has 2 aromatic heterocycles. The van der Waals surface area contributed by atoms with Crippen LogP contribution in [-0.4, -0.2) is 27.8 Å². The molecule has 1 aliphatic carbocycles. The van der Waals surface area contributed by atoms with Crippen LogP contribution in [0.15, 0.2) is 200 Å². The van der Waals surface area contributed by atoms with E-state index in [1.54, 1.807) is 0 Å². The third-order valence-electron chi connectivity index (χ3n) is 13.1. The summed E-state index contributed by atoms with van der Waals surface area (Å²) in [5.41, 5.74) is 14.3. The molecule has 10 aromatic rings. The van der Waals surface area contributed by atoms with E-state index in [1.165, 1.54) is 67.2 Å². The van der Waals surface area contributed by atoms with Crippen LogP contribution in [0.3, 0.4) is 0 Å². The summed E-state index contributed by atoms with van der Waals surface area (Å²) in [6, 6.07) is 73.6. The summed E-state index contributed by atoms with van der Waals surface area (Å²) in [5, 5.41) is 2.55. The van der Waals surface area contributed by atoms with Crippen molar-refractivity contribution in [3.63, 3.8) is 0 Å². The molecule has 0 saturated heterocycles. The van der Waals surface area contributed by atoms with Crippen molar-refractivity contribution >= 4 is 52.7 Å². The monoisotopic (exact) mass is 815 g/mol. The third kappa shape index (κ3) is 4.77. The number of nitrogens with zero attached hydrogens (tertiary/aromatic N) is 3. The van der Waals surface area contributed by atoms with Gasteiger partial charge in [-0.1, -0.05) is 12.1 Å². The minimum atomic E-state index is -3.70. The summed E-state index contributed by atoms with van der Waals surface area (Å²) in [5.74, 6) is 0.748. The van der Waals surface area contributed by atoms with E-state index in [1.807, 2.05) is 0 Å². The van der Waals surface area contributed by atoms with Gasteiger partial charge in [-0.3, -0.25) is 0 Å². The molecular weight excluding hydrogens is 775 g/mol. The minimum absolute atomic E-state index is 0.160. The summed E-state index contributed by atoms with van der Waals surface area (Å²) in [7, 11) is 0. The van der Waals surface area contributed by atoms with Gasteiger partial charge in [-0.15, -0.1) is 0 Å². The summed E-state index contributed by atoms with van der Waals surface area (Å²) in [4.78, 5) is 11.1. The Morgan fingerprint density at radius 2 is 1.05 bits per heavy atom. The molecule has 3 nitrogen and oxygen atoms in total. The van der Waals surface area contributed by atoms with Crippen molar-refractivity contribution in [2.45, 2.75) is 19.3 Å². The Kier molecular flexibility index (Phi) is 7.45. The first-order valence-electron chi connectivity index (χ1n) is 20.5. The van der Waals surface area contributed by atoms with E-state index in [2.05, 4.69) is 219 Å². The van der Waals surface area contributed by atoms with Gasteiger partial charge in [0.15, 0.2) is 0 Å². The van der Waals surface area contributed by atoms with Crippen LogP contribution in [0.4, 0.5) is 0 Å². The van der Waals surface area contributed by atoms with Gasteiger partial charge in [0.05, 0.1) is 0 Å². The van der Waals surface area contributed by atoms with Gasteiger partial charge in [0.2, 0.25) is 0 Å². The van der Waals surface area contributed by atoms with Gasteiger partial charge in [-0.2, -0.15) is 0 Å². The van der Waals surface area contributed by atoms with E-state index in [-0.39, 0.29) is 5.41 Å². The predicted octanol–water partition coefficient (Wildman–Crippen LogP) is 10.6. The first kappa shape index (κ1) is 34.2. The van der Waals surface area contributed by atoms with Crippen LogP contribution in [0.1, 0.15) is 25.0 Å². The molecule has 0 radical (unpaired) electrons. The Morgan fingerprint density at radius 1 is 0.458 bits per heavy atom. The van der Waals surface area contributed by atoms with Crippen LogP contribution in [0.25, 0.3) is 72.5 Å². The Balaban J connectivity index is 1.14. The molecule has 2 aliphatic rings. The van der Waals surface area contributed by atoms with E-state index >= 15 is 0 Å².